The molecular formula is C12H14N4. The molecule has 0 aromatic carbocycles. The standard InChI is InChI=1S/C12H14N4/c1-13-12(10-5-7-15-16-9-10)8-11-4-2-3-6-14-11/h2-7,9,12-13H,8H2,1H3. The molecule has 0 spiro atoms. The van der Waals surface area contributed by atoms with Crippen molar-refractivity contribution in [1.82, 2.24) is 20.5 Å². The Balaban J connectivity index is 2.13. The molecular weight excluding hydrogens is 200 g/mol. The zero-order valence-corrected chi connectivity index (χ0v) is 9.17. The van der Waals surface area contributed by atoms with Gasteiger partial charge in [0.2, 0.25) is 0 Å². The molecule has 0 aliphatic heterocycles. The van der Waals surface area contributed by atoms with Crippen LogP contribution in [-0.2, 0) is 6.42 Å². The predicted molar refractivity (Wildman–Crippen MR) is 61.8 cm³/mol. The van der Waals surface area contributed by atoms with Crippen molar-refractivity contribution >= 4 is 0 Å². The van der Waals surface area contributed by atoms with Crippen molar-refractivity contribution in [3.05, 3.63) is 54.1 Å². The van der Waals surface area contributed by atoms with Crippen molar-refractivity contribution < 1.29 is 0 Å². The van der Waals surface area contributed by atoms with Gasteiger partial charge in [0.25, 0.3) is 0 Å². The van der Waals surface area contributed by atoms with Crippen LogP contribution in [0.2, 0.25) is 0 Å². The van der Waals surface area contributed by atoms with Gasteiger partial charge in [0, 0.05) is 30.6 Å². The average molecular weight is 214 g/mol. The summed E-state index contributed by atoms with van der Waals surface area (Å²) in [6.07, 6.45) is 6.15. The third kappa shape index (κ3) is 2.61. The lowest BCUT2D eigenvalue weighted by Gasteiger charge is -2.15. The molecule has 0 saturated heterocycles. The topological polar surface area (TPSA) is 50.7 Å². The fourth-order valence-electron chi connectivity index (χ4n) is 1.62. The number of nitrogens with one attached hydrogen (secondary N) is 1. The van der Waals surface area contributed by atoms with Crippen molar-refractivity contribution in [2.75, 3.05) is 7.05 Å². The third-order valence-electron chi connectivity index (χ3n) is 2.50. The zero-order valence-electron chi connectivity index (χ0n) is 9.17. The summed E-state index contributed by atoms with van der Waals surface area (Å²) in [7, 11) is 1.94. The summed E-state index contributed by atoms with van der Waals surface area (Å²) in [4.78, 5) is 4.32. The van der Waals surface area contributed by atoms with E-state index in [-0.39, 0.29) is 6.04 Å². The minimum absolute atomic E-state index is 0.227. The molecule has 4 nitrogen and oxygen atoms in total. The van der Waals surface area contributed by atoms with E-state index >= 15 is 0 Å². The molecule has 2 rings (SSSR count). The second-order valence-corrected chi connectivity index (χ2v) is 3.54. The van der Waals surface area contributed by atoms with Gasteiger partial charge >= 0.3 is 0 Å². The molecule has 1 atom stereocenters. The van der Waals surface area contributed by atoms with Crippen LogP contribution in [0.3, 0.4) is 0 Å². The van der Waals surface area contributed by atoms with Gasteiger partial charge in [-0.25, -0.2) is 0 Å². The SMILES string of the molecule is CNC(Cc1ccccn1)c1ccnnc1. The fraction of sp³-hybridized carbons (Fsp3) is 0.250. The van der Waals surface area contributed by atoms with Gasteiger partial charge in [0.05, 0.1) is 6.20 Å². The van der Waals surface area contributed by atoms with Crippen LogP contribution in [0.5, 0.6) is 0 Å². The summed E-state index contributed by atoms with van der Waals surface area (Å²) >= 11 is 0. The normalized spacial score (nSPS) is 12.3. The first kappa shape index (κ1) is 10.7. The first-order valence-corrected chi connectivity index (χ1v) is 5.24. The average Bonchev–Trinajstić information content (AvgIpc) is 2.38. The van der Waals surface area contributed by atoms with E-state index in [0.717, 1.165) is 17.7 Å². The van der Waals surface area contributed by atoms with E-state index in [4.69, 9.17) is 0 Å². The molecule has 0 aliphatic carbocycles. The van der Waals surface area contributed by atoms with Gasteiger partial charge in [0.1, 0.15) is 0 Å². The molecule has 1 unspecified atom stereocenters. The Morgan fingerprint density at radius 2 is 2.12 bits per heavy atom. The molecule has 0 amide bonds. The molecule has 2 aromatic rings. The lowest BCUT2D eigenvalue weighted by atomic mass is 10.0. The van der Waals surface area contributed by atoms with Crippen molar-refractivity contribution in [1.29, 1.82) is 0 Å². The van der Waals surface area contributed by atoms with Crippen LogP contribution in [-0.4, -0.2) is 22.2 Å². The number of aromatic nitrogens is 3. The maximum absolute atomic E-state index is 4.32. The van der Waals surface area contributed by atoms with Crippen molar-refractivity contribution in [3.63, 3.8) is 0 Å². The van der Waals surface area contributed by atoms with E-state index in [1.54, 1.807) is 12.4 Å². The quantitative estimate of drug-likeness (QED) is 0.835. The third-order valence-corrected chi connectivity index (χ3v) is 2.50. The highest BCUT2D eigenvalue weighted by Gasteiger charge is 2.10. The maximum atomic E-state index is 4.32. The van der Waals surface area contributed by atoms with Gasteiger partial charge in [-0.3, -0.25) is 4.98 Å². The monoisotopic (exact) mass is 214 g/mol. The Labute approximate surface area is 94.8 Å². The van der Waals surface area contributed by atoms with Gasteiger partial charge in [0.15, 0.2) is 0 Å². The molecule has 2 heterocycles. The van der Waals surface area contributed by atoms with E-state index < -0.39 is 0 Å². The van der Waals surface area contributed by atoms with Crippen LogP contribution in [0, 0.1) is 0 Å². The molecule has 2 aromatic heterocycles. The first-order chi connectivity index (χ1) is 7.90. The van der Waals surface area contributed by atoms with Crippen LogP contribution in [0.25, 0.3) is 0 Å². The molecule has 16 heavy (non-hydrogen) atoms. The summed E-state index contributed by atoms with van der Waals surface area (Å²) in [5.41, 5.74) is 2.20. The Morgan fingerprint density at radius 1 is 1.19 bits per heavy atom. The predicted octanol–water partition coefficient (Wildman–Crippen LogP) is 1.37. The van der Waals surface area contributed by atoms with Crippen LogP contribution >= 0.6 is 0 Å². The van der Waals surface area contributed by atoms with Crippen LogP contribution < -0.4 is 5.32 Å². The molecule has 0 fully saturated rings. The van der Waals surface area contributed by atoms with Gasteiger partial charge in [-0.1, -0.05) is 6.07 Å². The lowest BCUT2D eigenvalue weighted by Crippen LogP contribution is -2.19. The van der Waals surface area contributed by atoms with E-state index in [2.05, 4.69) is 20.5 Å². The minimum atomic E-state index is 0.227. The van der Waals surface area contributed by atoms with Crippen molar-refractivity contribution in [2.24, 2.45) is 0 Å². The van der Waals surface area contributed by atoms with Crippen molar-refractivity contribution in [3.8, 4) is 0 Å². The summed E-state index contributed by atoms with van der Waals surface area (Å²) < 4.78 is 0. The van der Waals surface area contributed by atoms with E-state index in [1.165, 1.54) is 0 Å². The van der Waals surface area contributed by atoms with E-state index in [9.17, 15) is 0 Å². The number of rotatable bonds is 4. The number of hydrogen-bond acceptors (Lipinski definition) is 4. The highest BCUT2D eigenvalue weighted by atomic mass is 15.1. The fourth-order valence-corrected chi connectivity index (χ4v) is 1.62. The molecule has 0 radical (unpaired) electrons. The number of pyridine rings is 1. The van der Waals surface area contributed by atoms with Crippen LogP contribution in [0.1, 0.15) is 17.3 Å². The zero-order chi connectivity index (χ0) is 11.2. The molecule has 1 N–H and O–H groups in total. The minimum Gasteiger partial charge on any atom is -0.313 e. The summed E-state index contributed by atoms with van der Waals surface area (Å²) in [5.74, 6) is 0. The number of nitrogens with zero attached hydrogens (tertiary/aromatic N) is 3. The van der Waals surface area contributed by atoms with E-state index in [1.807, 2.05) is 37.5 Å². The number of likely N-dealkylation sites (N-methyl/N-ethyl adjacent to an activating group) is 1. The van der Waals surface area contributed by atoms with Gasteiger partial charge in [-0.2, -0.15) is 10.2 Å². The van der Waals surface area contributed by atoms with Gasteiger partial charge < -0.3 is 5.32 Å². The Kier molecular flexibility index (Phi) is 3.56. The molecule has 0 saturated carbocycles. The second-order valence-electron chi connectivity index (χ2n) is 3.54. The summed E-state index contributed by atoms with van der Waals surface area (Å²) in [6, 6.07) is 8.15. The van der Waals surface area contributed by atoms with E-state index in [0.29, 0.717) is 0 Å². The van der Waals surface area contributed by atoms with Crippen LogP contribution in [0.4, 0.5) is 0 Å². The summed E-state index contributed by atoms with van der Waals surface area (Å²) in [5, 5.41) is 10.9. The molecule has 82 valence electrons. The lowest BCUT2D eigenvalue weighted by molar-refractivity contribution is 0.580. The second kappa shape index (κ2) is 5.32. The summed E-state index contributed by atoms with van der Waals surface area (Å²) in [6.45, 7) is 0. The number of hydrogen-bond donors (Lipinski definition) is 1. The molecule has 0 bridgehead atoms. The van der Waals surface area contributed by atoms with Gasteiger partial charge in [-0.15, -0.1) is 0 Å². The maximum Gasteiger partial charge on any atom is 0.0544 e. The largest absolute Gasteiger partial charge is 0.313 e. The van der Waals surface area contributed by atoms with Crippen LogP contribution in [0.15, 0.2) is 42.9 Å². The highest BCUT2D eigenvalue weighted by Crippen LogP contribution is 2.14. The van der Waals surface area contributed by atoms with Crippen molar-refractivity contribution in [2.45, 2.75) is 12.5 Å². The Morgan fingerprint density at radius 3 is 2.75 bits per heavy atom. The first-order valence-electron chi connectivity index (χ1n) is 5.24. The van der Waals surface area contributed by atoms with Gasteiger partial charge in [-0.05, 0) is 30.8 Å². The highest BCUT2D eigenvalue weighted by molar-refractivity contribution is 5.15. The smallest absolute Gasteiger partial charge is 0.0544 e. The molecule has 4 heteroatoms. The Hall–Kier alpha value is -1.81. The Bertz CT molecular complexity index is 416. The molecule has 0 aliphatic rings.